The predicted molar refractivity (Wildman–Crippen MR) is 124 cm³/mol. The average Bonchev–Trinajstić information content (AvgIpc) is 2.74. The van der Waals surface area contributed by atoms with Crippen LogP contribution < -0.4 is 5.32 Å². The second-order valence-corrected chi connectivity index (χ2v) is 8.05. The van der Waals surface area contributed by atoms with E-state index < -0.39 is 0 Å². The Morgan fingerprint density at radius 1 is 0.967 bits per heavy atom. The van der Waals surface area contributed by atoms with Crippen molar-refractivity contribution in [1.29, 1.82) is 0 Å². The summed E-state index contributed by atoms with van der Waals surface area (Å²) >= 11 is 12.5. The SMILES string of the molecule is Cc1c(-c2ccc(Cl)cc2Cl)nc2ccccc2c1C(=O)N[C@H](C)c1ccccc1. The van der Waals surface area contributed by atoms with Crippen molar-refractivity contribution in [1.82, 2.24) is 10.3 Å². The monoisotopic (exact) mass is 434 g/mol. The Hall–Kier alpha value is -2.88. The first-order chi connectivity index (χ1) is 14.5. The van der Waals surface area contributed by atoms with Gasteiger partial charge in [-0.2, -0.15) is 0 Å². The van der Waals surface area contributed by atoms with Crippen molar-refractivity contribution in [3.63, 3.8) is 0 Å². The molecule has 1 heterocycles. The van der Waals surface area contributed by atoms with E-state index in [9.17, 15) is 4.79 Å². The second-order valence-electron chi connectivity index (χ2n) is 7.21. The Balaban J connectivity index is 1.84. The van der Waals surface area contributed by atoms with Gasteiger partial charge in [0.1, 0.15) is 0 Å². The molecule has 1 amide bonds. The van der Waals surface area contributed by atoms with E-state index in [1.165, 1.54) is 0 Å². The van der Waals surface area contributed by atoms with Crippen LogP contribution in [0.4, 0.5) is 0 Å². The van der Waals surface area contributed by atoms with Gasteiger partial charge >= 0.3 is 0 Å². The van der Waals surface area contributed by atoms with Crippen LogP contribution in [-0.2, 0) is 0 Å². The van der Waals surface area contributed by atoms with Gasteiger partial charge in [-0.1, -0.05) is 71.7 Å². The highest BCUT2D eigenvalue weighted by Crippen LogP contribution is 2.35. The maximum absolute atomic E-state index is 13.4. The van der Waals surface area contributed by atoms with E-state index in [4.69, 9.17) is 28.2 Å². The molecule has 150 valence electrons. The van der Waals surface area contributed by atoms with Gasteiger partial charge in [-0.15, -0.1) is 0 Å². The Labute approximate surface area is 185 Å². The third-order valence-electron chi connectivity index (χ3n) is 5.20. The second kappa shape index (κ2) is 8.47. The Kier molecular flexibility index (Phi) is 5.76. The Bertz CT molecular complexity index is 1240. The fourth-order valence-corrected chi connectivity index (χ4v) is 4.14. The smallest absolute Gasteiger partial charge is 0.252 e. The van der Waals surface area contributed by atoms with E-state index in [0.29, 0.717) is 21.3 Å². The van der Waals surface area contributed by atoms with Crippen molar-refractivity contribution >= 4 is 40.0 Å². The Morgan fingerprint density at radius 2 is 1.67 bits per heavy atom. The van der Waals surface area contributed by atoms with E-state index in [1.807, 2.05) is 74.5 Å². The van der Waals surface area contributed by atoms with Crippen LogP contribution in [0.25, 0.3) is 22.2 Å². The van der Waals surface area contributed by atoms with E-state index >= 15 is 0 Å². The van der Waals surface area contributed by atoms with Crippen LogP contribution in [-0.4, -0.2) is 10.9 Å². The lowest BCUT2D eigenvalue weighted by Crippen LogP contribution is -2.27. The molecule has 1 atom stereocenters. The number of halogens is 2. The van der Waals surface area contributed by atoms with Crippen LogP contribution in [0.3, 0.4) is 0 Å². The van der Waals surface area contributed by atoms with Crippen molar-refractivity contribution in [2.45, 2.75) is 19.9 Å². The summed E-state index contributed by atoms with van der Waals surface area (Å²) in [7, 11) is 0. The molecule has 0 aliphatic rings. The number of carbonyl (C=O) groups is 1. The molecule has 30 heavy (non-hydrogen) atoms. The number of fused-ring (bicyclic) bond motifs is 1. The number of pyridine rings is 1. The minimum absolute atomic E-state index is 0.132. The number of nitrogens with zero attached hydrogens (tertiary/aromatic N) is 1. The van der Waals surface area contributed by atoms with Crippen LogP contribution in [0.2, 0.25) is 10.0 Å². The number of carbonyl (C=O) groups excluding carboxylic acids is 1. The number of benzene rings is 3. The number of para-hydroxylation sites is 1. The predicted octanol–water partition coefficient (Wildman–Crippen LogP) is 7.01. The van der Waals surface area contributed by atoms with Gasteiger partial charge in [-0.3, -0.25) is 4.79 Å². The van der Waals surface area contributed by atoms with Gasteiger partial charge in [-0.25, -0.2) is 4.98 Å². The number of rotatable bonds is 4. The Morgan fingerprint density at radius 3 is 2.40 bits per heavy atom. The summed E-state index contributed by atoms with van der Waals surface area (Å²) in [4.78, 5) is 18.2. The molecular weight excluding hydrogens is 415 g/mol. The number of nitrogens with one attached hydrogen (secondary N) is 1. The molecular formula is C25H20Cl2N2O. The zero-order valence-corrected chi connectivity index (χ0v) is 18.1. The molecule has 0 aliphatic heterocycles. The van der Waals surface area contributed by atoms with Crippen molar-refractivity contribution in [2.75, 3.05) is 0 Å². The highest BCUT2D eigenvalue weighted by molar-refractivity contribution is 6.36. The number of hydrogen-bond acceptors (Lipinski definition) is 2. The normalized spacial score (nSPS) is 12.0. The first kappa shape index (κ1) is 20.4. The molecule has 0 radical (unpaired) electrons. The van der Waals surface area contributed by atoms with E-state index in [-0.39, 0.29) is 11.9 Å². The molecule has 0 unspecified atom stereocenters. The van der Waals surface area contributed by atoms with Gasteiger partial charge in [0, 0.05) is 16.0 Å². The molecule has 4 rings (SSSR count). The first-order valence-electron chi connectivity index (χ1n) is 9.66. The first-order valence-corrected chi connectivity index (χ1v) is 10.4. The van der Waals surface area contributed by atoms with Crippen molar-refractivity contribution in [3.8, 4) is 11.3 Å². The zero-order chi connectivity index (χ0) is 21.3. The van der Waals surface area contributed by atoms with E-state index in [1.54, 1.807) is 12.1 Å². The van der Waals surface area contributed by atoms with Crippen LogP contribution in [0.5, 0.6) is 0 Å². The summed E-state index contributed by atoms with van der Waals surface area (Å²) in [5.74, 6) is -0.145. The molecule has 0 aliphatic carbocycles. The molecule has 0 spiro atoms. The van der Waals surface area contributed by atoms with Gasteiger partial charge in [-0.05, 0) is 49.2 Å². The van der Waals surface area contributed by atoms with Crippen LogP contribution in [0.15, 0.2) is 72.8 Å². The lowest BCUT2D eigenvalue weighted by atomic mass is 9.96. The lowest BCUT2D eigenvalue weighted by Gasteiger charge is -2.18. The summed E-state index contributed by atoms with van der Waals surface area (Å²) in [5.41, 5.74) is 4.58. The molecule has 0 saturated heterocycles. The number of aromatic nitrogens is 1. The molecule has 4 aromatic rings. The molecule has 3 aromatic carbocycles. The fourth-order valence-electron chi connectivity index (χ4n) is 3.64. The molecule has 0 fully saturated rings. The maximum atomic E-state index is 13.4. The van der Waals surface area contributed by atoms with Gasteiger partial charge in [0.15, 0.2) is 0 Å². The maximum Gasteiger partial charge on any atom is 0.252 e. The quantitative estimate of drug-likeness (QED) is 0.375. The lowest BCUT2D eigenvalue weighted by molar-refractivity contribution is 0.0941. The fraction of sp³-hybridized carbons (Fsp3) is 0.120. The average molecular weight is 435 g/mol. The minimum atomic E-state index is -0.145. The topological polar surface area (TPSA) is 42.0 Å². The van der Waals surface area contributed by atoms with Crippen LogP contribution >= 0.6 is 23.2 Å². The molecule has 0 saturated carbocycles. The third-order valence-corrected chi connectivity index (χ3v) is 5.74. The highest BCUT2D eigenvalue weighted by Gasteiger charge is 2.21. The van der Waals surface area contributed by atoms with Crippen molar-refractivity contribution in [2.24, 2.45) is 0 Å². The van der Waals surface area contributed by atoms with Gasteiger partial charge in [0.2, 0.25) is 0 Å². The third kappa shape index (κ3) is 3.91. The highest BCUT2D eigenvalue weighted by atomic mass is 35.5. The van der Waals surface area contributed by atoms with Crippen molar-refractivity contribution < 1.29 is 4.79 Å². The summed E-state index contributed by atoms with van der Waals surface area (Å²) < 4.78 is 0. The largest absolute Gasteiger partial charge is 0.345 e. The molecule has 1 N–H and O–H groups in total. The number of amides is 1. The van der Waals surface area contributed by atoms with Crippen LogP contribution in [0, 0.1) is 6.92 Å². The molecule has 3 nitrogen and oxygen atoms in total. The van der Waals surface area contributed by atoms with E-state index in [2.05, 4.69) is 5.32 Å². The molecule has 5 heteroatoms. The summed E-state index contributed by atoms with van der Waals surface area (Å²) in [5, 5.41) is 4.98. The summed E-state index contributed by atoms with van der Waals surface area (Å²) in [6, 6.07) is 22.7. The van der Waals surface area contributed by atoms with Gasteiger partial charge < -0.3 is 5.32 Å². The summed E-state index contributed by atoms with van der Waals surface area (Å²) in [6.07, 6.45) is 0. The summed E-state index contributed by atoms with van der Waals surface area (Å²) in [6.45, 7) is 3.88. The molecule has 0 bridgehead atoms. The van der Waals surface area contributed by atoms with Crippen molar-refractivity contribution in [3.05, 3.63) is 99.5 Å². The van der Waals surface area contributed by atoms with E-state index in [0.717, 1.165) is 27.6 Å². The van der Waals surface area contributed by atoms with Crippen LogP contribution in [0.1, 0.15) is 34.5 Å². The van der Waals surface area contributed by atoms with Gasteiger partial charge in [0.25, 0.3) is 5.91 Å². The standard InChI is InChI=1S/C25H20Cl2N2O/c1-15-23(25(30)28-16(2)17-8-4-3-5-9-17)20-10-6-7-11-22(20)29-24(15)19-13-12-18(26)14-21(19)27/h3-14,16H,1-2H3,(H,28,30)/t16-/m1/s1. The minimum Gasteiger partial charge on any atom is -0.345 e. The molecule has 1 aromatic heterocycles. The van der Waals surface area contributed by atoms with Gasteiger partial charge in [0.05, 0.1) is 27.8 Å². The zero-order valence-electron chi connectivity index (χ0n) is 16.6. The number of hydrogen-bond donors (Lipinski definition) is 1.